The lowest BCUT2D eigenvalue weighted by Gasteiger charge is -2.08. The molecule has 108 valence electrons. The van der Waals surface area contributed by atoms with E-state index in [4.69, 9.17) is 0 Å². The Hall–Kier alpha value is -1.94. The van der Waals surface area contributed by atoms with Gasteiger partial charge in [0.2, 0.25) is 0 Å². The van der Waals surface area contributed by atoms with E-state index in [-0.39, 0.29) is 5.91 Å². The van der Waals surface area contributed by atoms with Crippen molar-refractivity contribution in [3.05, 3.63) is 59.2 Å². The number of carbonyl (C=O) groups excluding carboxylic acids is 1. The molecular weight excluding hydrogens is 282 g/mol. The van der Waals surface area contributed by atoms with Gasteiger partial charge in [-0.3, -0.25) is 9.00 Å². The van der Waals surface area contributed by atoms with Gasteiger partial charge in [-0.2, -0.15) is 0 Å². The summed E-state index contributed by atoms with van der Waals surface area (Å²) in [5, 5.41) is 2.92. The number of benzene rings is 2. The van der Waals surface area contributed by atoms with Crippen molar-refractivity contribution in [1.29, 1.82) is 0 Å². The second-order valence-corrected chi connectivity index (χ2v) is 6.65. The Kier molecular flexibility index (Phi) is 3.88. The summed E-state index contributed by atoms with van der Waals surface area (Å²) in [6.07, 6.45) is 5.05. The van der Waals surface area contributed by atoms with Crippen molar-refractivity contribution in [3.8, 4) is 0 Å². The quantitative estimate of drug-likeness (QED) is 0.946. The van der Waals surface area contributed by atoms with Crippen LogP contribution in [0.4, 0.5) is 5.69 Å². The molecule has 3 nitrogen and oxygen atoms in total. The van der Waals surface area contributed by atoms with Gasteiger partial charge in [0.05, 0.1) is 0 Å². The molecule has 0 aromatic heterocycles. The molecule has 0 saturated heterocycles. The molecule has 1 aliphatic rings. The van der Waals surface area contributed by atoms with Gasteiger partial charge in [-0.1, -0.05) is 6.07 Å². The van der Waals surface area contributed by atoms with Crippen molar-refractivity contribution >= 4 is 22.4 Å². The number of anilines is 1. The lowest BCUT2D eigenvalue weighted by molar-refractivity contribution is 0.102. The zero-order chi connectivity index (χ0) is 14.8. The van der Waals surface area contributed by atoms with Crippen LogP contribution >= 0.6 is 0 Å². The Balaban J connectivity index is 1.75. The smallest absolute Gasteiger partial charge is 0.255 e. The van der Waals surface area contributed by atoms with Gasteiger partial charge in [0.15, 0.2) is 0 Å². The fraction of sp³-hybridized carbons (Fsp3) is 0.235. The molecular formula is C17H17NO2S. The molecule has 1 aliphatic carbocycles. The molecule has 2 aromatic carbocycles. The van der Waals surface area contributed by atoms with Gasteiger partial charge in [-0.05, 0) is 66.8 Å². The van der Waals surface area contributed by atoms with Crippen LogP contribution in [0.25, 0.3) is 0 Å². The highest BCUT2D eigenvalue weighted by atomic mass is 32.2. The van der Waals surface area contributed by atoms with E-state index in [1.807, 2.05) is 6.07 Å². The summed E-state index contributed by atoms with van der Waals surface area (Å²) in [6.45, 7) is 0. The summed E-state index contributed by atoms with van der Waals surface area (Å²) >= 11 is 0. The summed E-state index contributed by atoms with van der Waals surface area (Å²) < 4.78 is 11.3. The Labute approximate surface area is 126 Å². The third kappa shape index (κ3) is 3.05. The molecule has 1 unspecified atom stereocenters. The highest BCUT2D eigenvalue weighted by molar-refractivity contribution is 7.84. The first-order valence-electron chi connectivity index (χ1n) is 7.00. The first-order valence-corrected chi connectivity index (χ1v) is 8.56. The van der Waals surface area contributed by atoms with Crippen LogP contribution in [-0.2, 0) is 23.6 Å². The summed E-state index contributed by atoms with van der Waals surface area (Å²) in [6, 6.07) is 13.0. The lowest BCUT2D eigenvalue weighted by atomic mass is 10.1. The predicted molar refractivity (Wildman–Crippen MR) is 85.2 cm³/mol. The molecule has 21 heavy (non-hydrogen) atoms. The van der Waals surface area contributed by atoms with Crippen molar-refractivity contribution in [1.82, 2.24) is 0 Å². The number of rotatable bonds is 3. The van der Waals surface area contributed by atoms with Gasteiger partial charge in [0.1, 0.15) is 0 Å². The maximum atomic E-state index is 12.2. The number of hydrogen-bond acceptors (Lipinski definition) is 2. The van der Waals surface area contributed by atoms with Crippen LogP contribution < -0.4 is 5.32 Å². The summed E-state index contributed by atoms with van der Waals surface area (Å²) in [5.74, 6) is -0.138. The standard InChI is InChI=1S/C17H17NO2S/c1-21(20)16-9-6-13(7-10-16)17(19)18-15-8-5-12-3-2-4-14(12)11-15/h5-11H,2-4H2,1H3,(H,18,19). The van der Waals surface area contributed by atoms with E-state index in [9.17, 15) is 9.00 Å². The molecule has 0 aliphatic heterocycles. The van der Waals surface area contributed by atoms with E-state index in [1.165, 1.54) is 17.5 Å². The van der Waals surface area contributed by atoms with Gasteiger partial charge in [-0.25, -0.2) is 0 Å². The van der Waals surface area contributed by atoms with E-state index >= 15 is 0 Å². The zero-order valence-corrected chi connectivity index (χ0v) is 12.7. The molecule has 3 rings (SSSR count). The molecule has 2 aromatic rings. The molecule has 1 amide bonds. The highest BCUT2D eigenvalue weighted by Crippen LogP contribution is 2.25. The number of carbonyl (C=O) groups is 1. The van der Waals surface area contributed by atoms with Crippen molar-refractivity contribution in [2.75, 3.05) is 11.6 Å². The van der Waals surface area contributed by atoms with Crippen LogP contribution in [0.5, 0.6) is 0 Å². The zero-order valence-electron chi connectivity index (χ0n) is 11.9. The van der Waals surface area contributed by atoms with Crippen molar-refractivity contribution in [2.24, 2.45) is 0 Å². The minimum absolute atomic E-state index is 0.138. The first-order chi connectivity index (χ1) is 10.1. The molecule has 0 heterocycles. The minimum atomic E-state index is -1.02. The Morgan fingerprint density at radius 2 is 1.76 bits per heavy atom. The van der Waals surface area contributed by atoms with E-state index in [2.05, 4.69) is 17.4 Å². The summed E-state index contributed by atoms with van der Waals surface area (Å²) in [4.78, 5) is 12.9. The highest BCUT2D eigenvalue weighted by Gasteiger charge is 2.12. The number of aryl methyl sites for hydroxylation is 2. The van der Waals surface area contributed by atoms with Crippen LogP contribution in [0, 0.1) is 0 Å². The van der Waals surface area contributed by atoms with E-state index < -0.39 is 10.8 Å². The minimum Gasteiger partial charge on any atom is -0.322 e. The van der Waals surface area contributed by atoms with Gasteiger partial charge in [-0.15, -0.1) is 0 Å². The van der Waals surface area contributed by atoms with Crippen LogP contribution in [0.2, 0.25) is 0 Å². The molecule has 1 N–H and O–H groups in total. The Morgan fingerprint density at radius 3 is 2.48 bits per heavy atom. The Morgan fingerprint density at radius 1 is 1.05 bits per heavy atom. The van der Waals surface area contributed by atoms with Gasteiger partial charge >= 0.3 is 0 Å². The van der Waals surface area contributed by atoms with E-state index in [1.54, 1.807) is 30.5 Å². The fourth-order valence-corrected chi connectivity index (χ4v) is 3.17. The Bertz CT molecular complexity index is 707. The number of fused-ring (bicyclic) bond motifs is 1. The van der Waals surface area contributed by atoms with Gasteiger partial charge in [0, 0.05) is 33.2 Å². The second kappa shape index (κ2) is 5.82. The maximum Gasteiger partial charge on any atom is 0.255 e. The lowest BCUT2D eigenvalue weighted by Crippen LogP contribution is -2.12. The normalized spacial score (nSPS) is 14.5. The number of hydrogen-bond donors (Lipinski definition) is 1. The van der Waals surface area contributed by atoms with Gasteiger partial charge < -0.3 is 5.32 Å². The third-order valence-corrected chi connectivity index (χ3v) is 4.74. The van der Waals surface area contributed by atoms with Crippen LogP contribution in [0.1, 0.15) is 27.9 Å². The average Bonchev–Trinajstić information content (AvgIpc) is 2.95. The maximum absolute atomic E-state index is 12.2. The van der Waals surface area contributed by atoms with Crippen LogP contribution in [0.3, 0.4) is 0 Å². The van der Waals surface area contributed by atoms with Crippen molar-refractivity contribution < 1.29 is 9.00 Å². The molecule has 1 atom stereocenters. The molecule has 0 saturated carbocycles. The SMILES string of the molecule is CS(=O)c1ccc(C(=O)Nc2ccc3c(c2)CCC3)cc1. The molecule has 0 fully saturated rings. The summed E-state index contributed by atoms with van der Waals surface area (Å²) in [5.41, 5.74) is 4.14. The molecule has 0 bridgehead atoms. The monoisotopic (exact) mass is 299 g/mol. The molecule has 0 spiro atoms. The number of amides is 1. The largest absolute Gasteiger partial charge is 0.322 e. The van der Waals surface area contributed by atoms with Crippen LogP contribution in [0.15, 0.2) is 47.4 Å². The van der Waals surface area contributed by atoms with Gasteiger partial charge in [0.25, 0.3) is 5.91 Å². The third-order valence-electron chi connectivity index (χ3n) is 3.80. The summed E-state index contributed by atoms with van der Waals surface area (Å²) in [7, 11) is -1.02. The van der Waals surface area contributed by atoms with Crippen LogP contribution in [-0.4, -0.2) is 16.4 Å². The first kappa shape index (κ1) is 14.0. The molecule has 4 heteroatoms. The topological polar surface area (TPSA) is 46.2 Å². The predicted octanol–water partition coefficient (Wildman–Crippen LogP) is 3.17. The second-order valence-electron chi connectivity index (χ2n) is 5.27. The fourth-order valence-electron chi connectivity index (χ4n) is 2.65. The van der Waals surface area contributed by atoms with E-state index in [0.717, 1.165) is 23.4 Å². The molecule has 0 radical (unpaired) electrons. The average molecular weight is 299 g/mol. The van der Waals surface area contributed by atoms with E-state index in [0.29, 0.717) is 5.56 Å². The van der Waals surface area contributed by atoms with Crippen molar-refractivity contribution in [3.63, 3.8) is 0 Å². The van der Waals surface area contributed by atoms with Crippen molar-refractivity contribution in [2.45, 2.75) is 24.2 Å². The number of nitrogens with one attached hydrogen (secondary N) is 1.